The minimum absolute atomic E-state index is 0.0147. The van der Waals surface area contributed by atoms with Crippen molar-refractivity contribution in [1.29, 1.82) is 0 Å². The predicted octanol–water partition coefficient (Wildman–Crippen LogP) is 5.53. The second-order valence-electron chi connectivity index (χ2n) is 12.8. The number of aliphatic hydroxyl groups is 1. The highest BCUT2D eigenvalue weighted by Gasteiger charge is 2.82. The van der Waals surface area contributed by atoms with Crippen LogP contribution in [-0.4, -0.2) is 53.0 Å². The first-order chi connectivity index (χ1) is 15.6. The number of alkyl halides is 5. The van der Waals surface area contributed by atoms with E-state index in [-0.39, 0.29) is 24.2 Å². The molecule has 6 rings (SSSR count). The Bertz CT molecular complexity index is 936. The van der Waals surface area contributed by atoms with E-state index in [9.17, 15) is 27.1 Å². The zero-order valence-corrected chi connectivity index (χ0v) is 19.9. The van der Waals surface area contributed by atoms with Crippen molar-refractivity contribution in [3.05, 3.63) is 11.6 Å². The lowest BCUT2D eigenvalue weighted by Gasteiger charge is -2.54. The number of fused-ring (bicyclic) bond motifs is 3. The Morgan fingerprint density at radius 1 is 0.941 bits per heavy atom. The smallest absolute Gasteiger partial charge is 0.383 e. The van der Waals surface area contributed by atoms with Crippen LogP contribution in [0.4, 0.5) is 22.0 Å². The van der Waals surface area contributed by atoms with Gasteiger partial charge in [0.2, 0.25) is 0 Å². The summed E-state index contributed by atoms with van der Waals surface area (Å²) in [5.74, 6) is -6.44. The lowest BCUT2D eigenvalue weighted by molar-refractivity contribution is -0.361. The summed E-state index contributed by atoms with van der Waals surface area (Å²) in [6.45, 7) is 6.83. The lowest BCUT2D eigenvalue weighted by Crippen LogP contribution is -2.65. The normalized spacial score (nSPS) is 48.9. The average molecular weight is 493 g/mol. The summed E-state index contributed by atoms with van der Waals surface area (Å²) in [5, 5.41) is 10.9. The van der Waals surface area contributed by atoms with Gasteiger partial charge in [0, 0.05) is 23.7 Å². The summed E-state index contributed by atoms with van der Waals surface area (Å²) in [6, 6.07) is 0. The standard InChI is InChI=1S/C25H33F5O4/c1-18(2)13-32-21(33-14-18)10-11-22-17-5-7-19(3)16(15(17)4-8-20(22,12-21)34-22)6-9-23(19,31)24(26,27)25(28,29)30/h5,15-16,31H,4,6-14H2,1-3H3/t15?,16?,19-,20?,22?,23-/m0/s1. The molecule has 0 aromatic carbocycles. The molecule has 6 aliphatic rings. The van der Waals surface area contributed by atoms with Crippen LogP contribution in [0.25, 0.3) is 0 Å². The fraction of sp³-hybridized carbons (Fsp3) is 0.920. The molecule has 4 unspecified atom stereocenters. The van der Waals surface area contributed by atoms with Crippen LogP contribution in [0.3, 0.4) is 0 Å². The van der Waals surface area contributed by atoms with E-state index >= 15 is 0 Å². The van der Waals surface area contributed by atoms with E-state index in [1.54, 1.807) is 0 Å². The van der Waals surface area contributed by atoms with E-state index in [4.69, 9.17) is 14.2 Å². The summed E-state index contributed by atoms with van der Waals surface area (Å²) in [5.41, 5.74) is -4.60. The second kappa shape index (κ2) is 6.37. The van der Waals surface area contributed by atoms with Gasteiger partial charge in [-0.15, -0.1) is 0 Å². The molecule has 1 spiro atoms. The van der Waals surface area contributed by atoms with Gasteiger partial charge >= 0.3 is 12.1 Å². The van der Waals surface area contributed by atoms with Crippen LogP contribution in [0.1, 0.15) is 72.1 Å². The third-order valence-corrected chi connectivity index (χ3v) is 10.3. The topological polar surface area (TPSA) is 51.2 Å². The first-order valence-corrected chi connectivity index (χ1v) is 12.4. The van der Waals surface area contributed by atoms with E-state index in [2.05, 4.69) is 13.8 Å². The molecular weight excluding hydrogens is 459 g/mol. The number of halogens is 5. The summed E-state index contributed by atoms with van der Waals surface area (Å²) in [6.07, 6.45) is -1.11. The Kier molecular flexibility index (Phi) is 4.43. The molecule has 4 nitrogen and oxygen atoms in total. The van der Waals surface area contributed by atoms with Gasteiger partial charge in [-0.2, -0.15) is 22.0 Å². The zero-order valence-electron chi connectivity index (χ0n) is 19.9. The quantitative estimate of drug-likeness (QED) is 0.297. The molecule has 0 amide bonds. The minimum atomic E-state index is -5.80. The maximum atomic E-state index is 14.6. The molecule has 0 bridgehead atoms. The van der Waals surface area contributed by atoms with Gasteiger partial charge in [-0.05, 0) is 55.9 Å². The molecule has 0 aromatic rings. The van der Waals surface area contributed by atoms with Gasteiger partial charge in [0.1, 0.15) is 16.8 Å². The Morgan fingerprint density at radius 3 is 2.26 bits per heavy atom. The van der Waals surface area contributed by atoms with E-state index in [1.807, 2.05) is 6.08 Å². The molecule has 192 valence electrons. The van der Waals surface area contributed by atoms with Crippen LogP contribution in [0.5, 0.6) is 0 Å². The molecular formula is C25H33F5O4. The van der Waals surface area contributed by atoms with Gasteiger partial charge in [-0.1, -0.05) is 26.8 Å². The Hall–Kier alpha value is -0.770. The molecule has 2 aliphatic heterocycles. The van der Waals surface area contributed by atoms with Gasteiger partial charge in [0.25, 0.3) is 0 Å². The van der Waals surface area contributed by atoms with Crippen molar-refractivity contribution >= 4 is 0 Å². The number of hydrogen-bond donors (Lipinski definition) is 1. The SMILES string of the molecule is CC1(C)COC2(CCC34OC3(CCC3C4=CC[C@@]4(C)C3CC[C@@]4(O)C(F)(F)C(F)(F)F)C2)OC1. The highest BCUT2D eigenvalue weighted by molar-refractivity contribution is 5.44. The van der Waals surface area contributed by atoms with Gasteiger partial charge < -0.3 is 19.3 Å². The molecule has 34 heavy (non-hydrogen) atoms. The number of allylic oxidation sites excluding steroid dienone is 1. The Balaban J connectivity index is 1.29. The highest BCUT2D eigenvalue weighted by Crippen LogP contribution is 2.75. The molecule has 9 heteroatoms. The molecule has 2 heterocycles. The van der Waals surface area contributed by atoms with Crippen LogP contribution in [0.15, 0.2) is 11.6 Å². The van der Waals surface area contributed by atoms with E-state index in [1.165, 1.54) is 6.92 Å². The monoisotopic (exact) mass is 492 g/mol. The molecule has 6 atom stereocenters. The number of epoxide rings is 1. The molecule has 0 radical (unpaired) electrons. The van der Waals surface area contributed by atoms with Crippen molar-refractivity contribution in [1.82, 2.24) is 0 Å². The van der Waals surface area contributed by atoms with Crippen LogP contribution in [-0.2, 0) is 14.2 Å². The van der Waals surface area contributed by atoms with Crippen molar-refractivity contribution in [3.63, 3.8) is 0 Å². The van der Waals surface area contributed by atoms with Crippen molar-refractivity contribution in [2.45, 2.75) is 107 Å². The number of rotatable bonds is 1. The first-order valence-electron chi connectivity index (χ1n) is 12.4. The number of hydrogen-bond acceptors (Lipinski definition) is 4. The van der Waals surface area contributed by atoms with Crippen LogP contribution >= 0.6 is 0 Å². The number of ether oxygens (including phenoxy) is 3. The summed E-state index contributed by atoms with van der Waals surface area (Å²) >= 11 is 0. The van der Waals surface area contributed by atoms with Gasteiger partial charge in [-0.3, -0.25) is 0 Å². The third kappa shape index (κ3) is 2.63. The summed E-state index contributed by atoms with van der Waals surface area (Å²) in [4.78, 5) is 0. The molecule has 1 N–H and O–H groups in total. The fourth-order valence-corrected chi connectivity index (χ4v) is 8.34. The second-order valence-corrected chi connectivity index (χ2v) is 12.8. The zero-order chi connectivity index (χ0) is 24.6. The molecule has 0 aromatic heterocycles. The highest BCUT2D eigenvalue weighted by atomic mass is 19.4. The van der Waals surface area contributed by atoms with Crippen LogP contribution in [0.2, 0.25) is 0 Å². The predicted molar refractivity (Wildman–Crippen MR) is 111 cm³/mol. The maximum Gasteiger partial charge on any atom is 0.456 e. The van der Waals surface area contributed by atoms with Crippen molar-refractivity contribution in [2.24, 2.45) is 22.7 Å². The average Bonchev–Trinajstić information content (AvgIpc) is 3.35. The Labute approximate surface area is 196 Å². The minimum Gasteiger partial charge on any atom is -0.383 e. The van der Waals surface area contributed by atoms with Gasteiger partial charge in [-0.25, -0.2) is 0 Å². The molecule has 4 aliphatic carbocycles. The van der Waals surface area contributed by atoms with Crippen LogP contribution in [0, 0.1) is 22.7 Å². The fourth-order valence-electron chi connectivity index (χ4n) is 8.34. The van der Waals surface area contributed by atoms with Crippen molar-refractivity contribution in [2.75, 3.05) is 13.2 Å². The molecule has 3 saturated carbocycles. The maximum absolute atomic E-state index is 14.6. The van der Waals surface area contributed by atoms with E-state index in [0.29, 0.717) is 45.3 Å². The van der Waals surface area contributed by atoms with E-state index < -0.39 is 52.4 Å². The first kappa shape index (κ1) is 23.6. The van der Waals surface area contributed by atoms with Gasteiger partial charge in [0.15, 0.2) is 5.79 Å². The summed E-state index contributed by atoms with van der Waals surface area (Å²) < 4.78 is 88.2. The van der Waals surface area contributed by atoms with Crippen LogP contribution < -0.4 is 0 Å². The largest absolute Gasteiger partial charge is 0.456 e. The van der Waals surface area contributed by atoms with Crippen molar-refractivity contribution < 1.29 is 41.3 Å². The molecule has 2 saturated heterocycles. The summed E-state index contributed by atoms with van der Waals surface area (Å²) in [7, 11) is 0. The van der Waals surface area contributed by atoms with E-state index in [0.717, 1.165) is 5.57 Å². The third-order valence-electron chi connectivity index (χ3n) is 10.3. The van der Waals surface area contributed by atoms with Gasteiger partial charge in [0.05, 0.1) is 13.2 Å². The lowest BCUT2D eigenvalue weighted by atomic mass is 9.52. The van der Waals surface area contributed by atoms with Crippen molar-refractivity contribution in [3.8, 4) is 0 Å². The Morgan fingerprint density at radius 2 is 1.62 bits per heavy atom. The molecule has 5 fully saturated rings.